The Balaban J connectivity index is 2.34. The van der Waals surface area contributed by atoms with Crippen molar-refractivity contribution < 1.29 is 23.5 Å². The fourth-order valence-electron chi connectivity index (χ4n) is 2.21. The SMILES string of the molecule is COc1cc(NCc2cc(OC)c(OC)cc2Br)c([N+](=O)[O-])cc1F. The molecule has 0 aromatic heterocycles. The molecule has 0 aliphatic heterocycles. The Kier molecular flexibility index (Phi) is 6.02. The maximum absolute atomic E-state index is 13.7. The third-order valence-corrected chi connectivity index (χ3v) is 4.23. The summed E-state index contributed by atoms with van der Waals surface area (Å²) in [5.41, 5.74) is 0.537. The van der Waals surface area contributed by atoms with Gasteiger partial charge in [-0.1, -0.05) is 15.9 Å². The van der Waals surface area contributed by atoms with E-state index < -0.39 is 10.7 Å². The number of hydrogen-bond donors (Lipinski definition) is 1. The summed E-state index contributed by atoms with van der Waals surface area (Å²) in [5, 5.41) is 14.1. The number of anilines is 1. The highest BCUT2D eigenvalue weighted by Crippen LogP contribution is 2.35. The van der Waals surface area contributed by atoms with Crippen LogP contribution >= 0.6 is 15.9 Å². The van der Waals surface area contributed by atoms with E-state index in [0.717, 1.165) is 16.1 Å². The largest absolute Gasteiger partial charge is 0.494 e. The van der Waals surface area contributed by atoms with Crippen molar-refractivity contribution in [2.24, 2.45) is 0 Å². The van der Waals surface area contributed by atoms with Gasteiger partial charge in [-0.3, -0.25) is 10.1 Å². The van der Waals surface area contributed by atoms with Crippen LogP contribution in [0, 0.1) is 15.9 Å². The van der Waals surface area contributed by atoms with Crippen molar-refractivity contribution in [3.8, 4) is 17.2 Å². The number of nitro benzene ring substituents is 1. The molecule has 2 rings (SSSR count). The van der Waals surface area contributed by atoms with Gasteiger partial charge in [0.25, 0.3) is 5.69 Å². The number of halogens is 2. The second-order valence-electron chi connectivity index (χ2n) is 4.91. The average Bonchev–Trinajstić information content (AvgIpc) is 2.60. The smallest absolute Gasteiger partial charge is 0.295 e. The van der Waals surface area contributed by atoms with Crippen molar-refractivity contribution in [1.29, 1.82) is 0 Å². The Morgan fingerprint density at radius 3 is 2.24 bits per heavy atom. The Hall–Kier alpha value is -2.55. The predicted molar refractivity (Wildman–Crippen MR) is 94.2 cm³/mol. The van der Waals surface area contributed by atoms with Crippen molar-refractivity contribution in [2.75, 3.05) is 26.6 Å². The number of nitro groups is 1. The van der Waals surface area contributed by atoms with Crippen LogP contribution in [0.15, 0.2) is 28.7 Å². The van der Waals surface area contributed by atoms with Gasteiger partial charge in [0, 0.05) is 17.1 Å². The molecule has 1 N–H and O–H groups in total. The van der Waals surface area contributed by atoms with Gasteiger partial charge in [0.15, 0.2) is 23.1 Å². The van der Waals surface area contributed by atoms with Gasteiger partial charge < -0.3 is 19.5 Å². The van der Waals surface area contributed by atoms with Crippen LogP contribution in [0.5, 0.6) is 17.2 Å². The Morgan fingerprint density at radius 2 is 1.68 bits per heavy atom. The van der Waals surface area contributed by atoms with E-state index >= 15 is 0 Å². The van der Waals surface area contributed by atoms with E-state index in [4.69, 9.17) is 14.2 Å². The lowest BCUT2D eigenvalue weighted by Crippen LogP contribution is -2.05. The summed E-state index contributed by atoms with van der Waals surface area (Å²) in [5.74, 6) is 0.188. The van der Waals surface area contributed by atoms with Crippen LogP contribution < -0.4 is 19.5 Å². The van der Waals surface area contributed by atoms with Crippen molar-refractivity contribution in [1.82, 2.24) is 0 Å². The fourth-order valence-corrected chi connectivity index (χ4v) is 2.68. The lowest BCUT2D eigenvalue weighted by Gasteiger charge is -2.14. The first-order chi connectivity index (χ1) is 11.9. The van der Waals surface area contributed by atoms with Crippen LogP contribution in [-0.2, 0) is 6.54 Å². The summed E-state index contributed by atoms with van der Waals surface area (Å²) in [6.07, 6.45) is 0. The zero-order valence-electron chi connectivity index (χ0n) is 13.8. The summed E-state index contributed by atoms with van der Waals surface area (Å²) in [6.45, 7) is 0.233. The molecule has 0 bridgehead atoms. The van der Waals surface area contributed by atoms with Crippen LogP contribution in [0.1, 0.15) is 5.56 Å². The van der Waals surface area contributed by atoms with Gasteiger partial charge in [0.2, 0.25) is 0 Å². The van der Waals surface area contributed by atoms with E-state index in [1.165, 1.54) is 27.4 Å². The van der Waals surface area contributed by atoms with E-state index in [1.54, 1.807) is 12.1 Å². The summed E-state index contributed by atoms with van der Waals surface area (Å²) < 4.78 is 29.8. The molecule has 0 saturated heterocycles. The van der Waals surface area contributed by atoms with E-state index in [2.05, 4.69) is 21.2 Å². The van der Waals surface area contributed by atoms with E-state index in [9.17, 15) is 14.5 Å². The molecule has 2 aromatic rings. The maximum Gasteiger partial charge on any atom is 0.295 e. The van der Waals surface area contributed by atoms with Crippen LogP contribution in [0.3, 0.4) is 0 Å². The van der Waals surface area contributed by atoms with Crippen LogP contribution in [0.2, 0.25) is 0 Å². The first-order valence-corrected chi connectivity index (χ1v) is 7.86. The number of benzene rings is 2. The highest BCUT2D eigenvalue weighted by molar-refractivity contribution is 9.10. The standard InChI is InChI=1S/C16H16BrFN2O5/c1-23-14-7-12(13(20(21)22)6-11(14)18)19-8-9-4-15(24-2)16(25-3)5-10(9)17/h4-7,19H,8H2,1-3H3. The van der Waals surface area contributed by atoms with E-state index in [-0.39, 0.29) is 23.7 Å². The number of hydrogen-bond acceptors (Lipinski definition) is 6. The Labute approximate surface area is 152 Å². The molecule has 0 atom stereocenters. The first kappa shape index (κ1) is 18.8. The van der Waals surface area contributed by atoms with Gasteiger partial charge in [-0.25, -0.2) is 4.39 Å². The summed E-state index contributed by atoms with van der Waals surface area (Å²) in [4.78, 5) is 10.5. The van der Waals surface area contributed by atoms with E-state index in [1.807, 2.05) is 0 Å². The first-order valence-electron chi connectivity index (χ1n) is 7.07. The molecule has 134 valence electrons. The van der Waals surface area contributed by atoms with Crippen molar-refractivity contribution in [3.63, 3.8) is 0 Å². The predicted octanol–water partition coefficient (Wildman–Crippen LogP) is 4.13. The van der Waals surface area contributed by atoms with Gasteiger partial charge in [-0.15, -0.1) is 0 Å². The minimum absolute atomic E-state index is 0.0838. The molecule has 0 fully saturated rings. The fraction of sp³-hybridized carbons (Fsp3) is 0.250. The second-order valence-corrected chi connectivity index (χ2v) is 5.77. The second kappa shape index (κ2) is 8.02. The summed E-state index contributed by atoms with van der Waals surface area (Å²) in [6, 6.07) is 5.55. The number of rotatable bonds is 7. The average molecular weight is 415 g/mol. The third kappa shape index (κ3) is 4.11. The minimum atomic E-state index is -0.799. The molecular formula is C16H16BrFN2O5. The maximum atomic E-state index is 13.7. The highest BCUT2D eigenvalue weighted by atomic mass is 79.9. The zero-order valence-corrected chi connectivity index (χ0v) is 15.3. The normalized spacial score (nSPS) is 10.3. The molecule has 0 saturated carbocycles. The van der Waals surface area contributed by atoms with Gasteiger partial charge in [0.05, 0.1) is 32.3 Å². The van der Waals surface area contributed by atoms with Gasteiger partial charge in [-0.2, -0.15) is 0 Å². The lowest BCUT2D eigenvalue weighted by molar-refractivity contribution is -0.384. The molecule has 7 nitrogen and oxygen atoms in total. The van der Waals surface area contributed by atoms with Gasteiger partial charge >= 0.3 is 0 Å². The number of methoxy groups -OCH3 is 3. The molecule has 0 unspecified atom stereocenters. The zero-order chi connectivity index (χ0) is 18.6. The van der Waals surface area contributed by atoms with Crippen molar-refractivity contribution >= 4 is 27.3 Å². The molecule has 2 aromatic carbocycles. The number of nitrogens with one attached hydrogen (secondary N) is 1. The van der Waals surface area contributed by atoms with Crippen molar-refractivity contribution in [2.45, 2.75) is 6.54 Å². The van der Waals surface area contributed by atoms with Gasteiger partial charge in [-0.05, 0) is 17.7 Å². The number of nitrogens with zero attached hydrogens (tertiary/aromatic N) is 1. The summed E-state index contributed by atoms with van der Waals surface area (Å²) >= 11 is 3.42. The molecule has 0 radical (unpaired) electrons. The molecule has 0 spiro atoms. The molecule has 9 heteroatoms. The molecule has 0 heterocycles. The van der Waals surface area contributed by atoms with Crippen molar-refractivity contribution in [3.05, 3.63) is 50.2 Å². The Morgan fingerprint density at radius 1 is 1.08 bits per heavy atom. The van der Waals surface area contributed by atoms with Crippen LogP contribution in [0.25, 0.3) is 0 Å². The summed E-state index contributed by atoms with van der Waals surface area (Å²) in [7, 11) is 4.33. The topological polar surface area (TPSA) is 82.9 Å². The monoisotopic (exact) mass is 414 g/mol. The van der Waals surface area contributed by atoms with Crippen LogP contribution in [-0.4, -0.2) is 26.3 Å². The lowest BCUT2D eigenvalue weighted by atomic mass is 10.2. The van der Waals surface area contributed by atoms with Crippen LogP contribution in [0.4, 0.5) is 15.8 Å². The number of ether oxygens (including phenoxy) is 3. The molecule has 0 aliphatic rings. The quantitative estimate of drug-likeness (QED) is 0.541. The third-order valence-electron chi connectivity index (χ3n) is 3.49. The Bertz CT molecular complexity index is 801. The molecule has 25 heavy (non-hydrogen) atoms. The minimum Gasteiger partial charge on any atom is -0.494 e. The molecular weight excluding hydrogens is 399 g/mol. The molecule has 0 amide bonds. The highest BCUT2D eigenvalue weighted by Gasteiger charge is 2.19. The molecule has 0 aliphatic carbocycles. The van der Waals surface area contributed by atoms with E-state index in [0.29, 0.717) is 11.5 Å². The van der Waals surface area contributed by atoms with Gasteiger partial charge in [0.1, 0.15) is 5.69 Å².